The Balaban J connectivity index is 2.11. The highest BCUT2D eigenvalue weighted by atomic mass is 32.2. The summed E-state index contributed by atoms with van der Waals surface area (Å²) in [6.45, 7) is 1.51. The molecule has 0 aliphatic heterocycles. The van der Waals surface area contributed by atoms with E-state index in [0.29, 0.717) is 11.3 Å². The van der Waals surface area contributed by atoms with Crippen molar-refractivity contribution in [1.82, 2.24) is 9.29 Å². The molecule has 0 aliphatic carbocycles. The van der Waals surface area contributed by atoms with E-state index in [9.17, 15) is 13.2 Å². The molecule has 2 aromatic rings. The Labute approximate surface area is 135 Å². The first-order valence-corrected chi connectivity index (χ1v) is 8.26. The molecule has 0 bridgehead atoms. The van der Waals surface area contributed by atoms with Gasteiger partial charge in [-0.05, 0) is 31.2 Å². The van der Waals surface area contributed by atoms with Crippen LogP contribution in [-0.4, -0.2) is 37.6 Å². The van der Waals surface area contributed by atoms with Gasteiger partial charge in [0.25, 0.3) is 0 Å². The summed E-state index contributed by atoms with van der Waals surface area (Å²) in [7, 11) is -0.714. The molecule has 0 saturated heterocycles. The number of anilines is 3. The number of nitrogens with zero attached hydrogens (tertiary/aromatic N) is 2. The summed E-state index contributed by atoms with van der Waals surface area (Å²) in [5.74, 6) is 0.210. The Kier molecular flexibility index (Phi) is 4.97. The fourth-order valence-electron chi connectivity index (χ4n) is 1.73. The maximum Gasteiger partial charge on any atom is 0.302 e. The van der Waals surface area contributed by atoms with Crippen molar-refractivity contribution >= 4 is 33.2 Å². The van der Waals surface area contributed by atoms with E-state index in [0.717, 1.165) is 9.99 Å². The number of hydrogen-bond acceptors (Lipinski definition) is 5. The highest BCUT2D eigenvalue weighted by molar-refractivity contribution is 7.90. The minimum absolute atomic E-state index is 0.0137. The second kappa shape index (κ2) is 6.76. The third kappa shape index (κ3) is 4.51. The fourth-order valence-corrected chi connectivity index (χ4v) is 2.30. The molecule has 2 rings (SSSR count). The van der Waals surface area contributed by atoms with Gasteiger partial charge in [0.1, 0.15) is 5.82 Å². The van der Waals surface area contributed by atoms with Gasteiger partial charge in [-0.3, -0.25) is 9.52 Å². The van der Waals surface area contributed by atoms with Crippen LogP contribution in [0.2, 0.25) is 0 Å². The number of benzene rings is 1. The van der Waals surface area contributed by atoms with Crippen molar-refractivity contribution < 1.29 is 13.2 Å². The van der Waals surface area contributed by atoms with Crippen LogP contribution in [0.25, 0.3) is 0 Å². The molecule has 7 nitrogen and oxygen atoms in total. The molecule has 0 aliphatic rings. The Morgan fingerprint density at radius 2 is 1.87 bits per heavy atom. The van der Waals surface area contributed by atoms with Crippen molar-refractivity contribution in [3.8, 4) is 0 Å². The average molecular weight is 334 g/mol. The predicted molar refractivity (Wildman–Crippen MR) is 90.2 cm³/mol. The van der Waals surface area contributed by atoms with E-state index < -0.39 is 10.2 Å². The number of carbonyl (C=O) groups excluding carboxylic acids is 1. The van der Waals surface area contributed by atoms with Crippen molar-refractivity contribution in [2.45, 2.75) is 6.92 Å². The first-order valence-electron chi connectivity index (χ1n) is 6.82. The summed E-state index contributed by atoms with van der Waals surface area (Å²) in [6.07, 6.45) is 1.51. The summed E-state index contributed by atoms with van der Waals surface area (Å²) in [6, 6.07) is 10.3. The lowest BCUT2D eigenvalue weighted by molar-refractivity contribution is 0.101. The average Bonchev–Trinajstić information content (AvgIpc) is 2.49. The maximum atomic E-state index is 11.7. The van der Waals surface area contributed by atoms with Crippen LogP contribution in [-0.2, 0) is 10.2 Å². The normalized spacial score (nSPS) is 11.3. The topological polar surface area (TPSA) is 91.4 Å². The van der Waals surface area contributed by atoms with Crippen LogP contribution < -0.4 is 10.0 Å². The van der Waals surface area contributed by atoms with E-state index in [4.69, 9.17) is 0 Å². The highest BCUT2D eigenvalue weighted by Gasteiger charge is 2.13. The van der Waals surface area contributed by atoms with Crippen LogP contribution >= 0.6 is 0 Å². The molecular weight excluding hydrogens is 316 g/mol. The smallest absolute Gasteiger partial charge is 0.302 e. The van der Waals surface area contributed by atoms with Gasteiger partial charge in [0.2, 0.25) is 0 Å². The Hall–Kier alpha value is -2.45. The van der Waals surface area contributed by atoms with E-state index >= 15 is 0 Å². The Morgan fingerprint density at radius 1 is 1.13 bits per heavy atom. The van der Waals surface area contributed by atoms with Crippen molar-refractivity contribution in [3.63, 3.8) is 0 Å². The van der Waals surface area contributed by atoms with Gasteiger partial charge >= 0.3 is 10.2 Å². The molecule has 122 valence electrons. The van der Waals surface area contributed by atoms with Crippen LogP contribution in [0.1, 0.15) is 17.3 Å². The third-order valence-corrected chi connectivity index (χ3v) is 4.46. The molecule has 0 atom stereocenters. The van der Waals surface area contributed by atoms with Crippen molar-refractivity contribution in [1.29, 1.82) is 0 Å². The molecule has 0 unspecified atom stereocenters. The van der Waals surface area contributed by atoms with Crippen molar-refractivity contribution in [2.24, 2.45) is 0 Å². The second-order valence-electron chi connectivity index (χ2n) is 5.08. The van der Waals surface area contributed by atoms with Gasteiger partial charge in [0, 0.05) is 25.3 Å². The van der Waals surface area contributed by atoms with Crippen LogP contribution in [0.15, 0.2) is 42.6 Å². The number of carbonyl (C=O) groups is 1. The van der Waals surface area contributed by atoms with E-state index in [1.807, 2.05) is 6.07 Å². The number of Topliss-reactive ketones (excluding diaryl/α,β-unsaturated/α-hetero) is 1. The van der Waals surface area contributed by atoms with Gasteiger partial charge in [-0.15, -0.1) is 0 Å². The molecule has 0 radical (unpaired) electrons. The van der Waals surface area contributed by atoms with Gasteiger partial charge in [0.15, 0.2) is 5.78 Å². The molecule has 1 aromatic heterocycles. The molecule has 0 amide bonds. The standard InChI is InChI=1S/C15H18N4O3S/c1-11(20)12-5-4-6-13(9-12)17-14-7-8-15(16-10-14)18-23(21,22)19(2)3/h4-10,17H,1-3H3,(H,16,18). The quantitative estimate of drug-likeness (QED) is 0.791. The van der Waals surface area contributed by atoms with E-state index in [-0.39, 0.29) is 11.6 Å². The van der Waals surface area contributed by atoms with Gasteiger partial charge in [-0.1, -0.05) is 12.1 Å². The zero-order valence-electron chi connectivity index (χ0n) is 13.1. The maximum absolute atomic E-state index is 11.7. The van der Waals surface area contributed by atoms with Crippen LogP contribution in [0.5, 0.6) is 0 Å². The zero-order chi connectivity index (χ0) is 17.0. The molecule has 8 heteroatoms. The predicted octanol–water partition coefficient (Wildman–Crippen LogP) is 2.25. The Bertz CT molecular complexity index is 802. The van der Waals surface area contributed by atoms with Crippen LogP contribution in [0.3, 0.4) is 0 Å². The molecule has 0 saturated carbocycles. The first-order chi connectivity index (χ1) is 10.8. The lowest BCUT2D eigenvalue weighted by atomic mass is 10.1. The van der Waals surface area contributed by atoms with Gasteiger partial charge in [-0.25, -0.2) is 4.98 Å². The minimum atomic E-state index is -3.58. The lowest BCUT2D eigenvalue weighted by Crippen LogP contribution is -2.29. The SMILES string of the molecule is CC(=O)c1cccc(Nc2ccc(NS(=O)(=O)N(C)C)nc2)c1. The molecular formula is C15H18N4O3S. The van der Waals surface area contributed by atoms with Gasteiger partial charge < -0.3 is 5.32 Å². The molecule has 2 N–H and O–H groups in total. The van der Waals surface area contributed by atoms with Crippen LogP contribution in [0, 0.1) is 0 Å². The molecule has 0 spiro atoms. The van der Waals surface area contributed by atoms with E-state index in [2.05, 4.69) is 15.0 Å². The van der Waals surface area contributed by atoms with Crippen LogP contribution in [0.4, 0.5) is 17.2 Å². The number of pyridine rings is 1. The summed E-state index contributed by atoms with van der Waals surface area (Å²) in [5, 5.41) is 3.11. The third-order valence-electron chi connectivity index (χ3n) is 3.04. The minimum Gasteiger partial charge on any atom is -0.354 e. The summed E-state index contributed by atoms with van der Waals surface area (Å²) in [5.41, 5.74) is 2.04. The number of rotatable bonds is 6. The van der Waals surface area contributed by atoms with E-state index in [1.54, 1.807) is 30.3 Å². The lowest BCUT2D eigenvalue weighted by Gasteiger charge is -2.13. The number of hydrogen-bond donors (Lipinski definition) is 2. The van der Waals surface area contributed by atoms with Gasteiger partial charge in [0.05, 0.1) is 11.9 Å². The first kappa shape index (κ1) is 16.9. The zero-order valence-corrected chi connectivity index (χ0v) is 13.9. The monoisotopic (exact) mass is 334 g/mol. The largest absolute Gasteiger partial charge is 0.354 e. The molecule has 0 fully saturated rings. The molecule has 1 heterocycles. The summed E-state index contributed by atoms with van der Waals surface area (Å²) < 4.78 is 26.8. The van der Waals surface area contributed by atoms with Crippen molar-refractivity contribution in [2.75, 3.05) is 24.1 Å². The molecule has 23 heavy (non-hydrogen) atoms. The number of aromatic nitrogens is 1. The van der Waals surface area contributed by atoms with Crippen molar-refractivity contribution in [3.05, 3.63) is 48.2 Å². The highest BCUT2D eigenvalue weighted by Crippen LogP contribution is 2.19. The van der Waals surface area contributed by atoms with Gasteiger partial charge in [-0.2, -0.15) is 12.7 Å². The van der Waals surface area contributed by atoms with E-state index in [1.165, 1.54) is 27.2 Å². The number of ketones is 1. The Morgan fingerprint density at radius 3 is 2.43 bits per heavy atom. The fraction of sp³-hybridized carbons (Fsp3) is 0.200. The summed E-state index contributed by atoms with van der Waals surface area (Å²) >= 11 is 0. The second-order valence-corrected chi connectivity index (χ2v) is 6.97. The summed E-state index contributed by atoms with van der Waals surface area (Å²) in [4.78, 5) is 15.4. The number of nitrogens with one attached hydrogen (secondary N) is 2. The molecule has 1 aromatic carbocycles.